The number of amides is 1. The summed E-state index contributed by atoms with van der Waals surface area (Å²) >= 11 is 11.8. The van der Waals surface area contributed by atoms with Crippen LogP contribution in [-0.2, 0) is 0 Å². The van der Waals surface area contributed by atoms with Crippen molar-refractivity contribution in [3.05, 3.63) is 70.3 Å². The van der Waals surface area contributed by atoms with E-state index in [-0.39, 0.29) is 5.91 Å². The maximum atomic E-state index is 12.2. The third-order valence-electron chi connectivity index (χ3n) is 3.04. The number of fused-ring (bicyclic) bond motifs is 1. The molecule has 0 fully saturated rings. The molecule has 0 bridgehead atoms. The molecule has 0 aliphatic rings. The summed E-state index contributed by atoms with van der Waals surface area (Å²) in [6.07, 6.45) is 1.73. The van der Waals surface area contributed by atoms with Gasteiger partial charge in [0.05, 0.1) is 15.6 Å². The molecule has 2 aromatic carbocycles. The van der Waals surface area contributed by atoms with Gasteiger partial charge in [0.1, 0.15) is 0 Å². The molecular weight excluding hydrogens is 307 g/mol. The van der Waals surface area contributed by atoms with Crippen LogP contribution >= 0.6 is 23.2 Å². The molecule has 3 rings (SSSR count). The molecular formula is C16H10Cl2N2O. The van der Waals surface area contributed by atoms with Crippen LogP contribution in [0, 0.1) is 0 Å². The molecule has 1 amide bonds. The fourth-order valence-electron chi connectivity index (χ4n) is 1.99. The number of nitrogens with one attached hydrogen (secondary N) is 1. The van der Waals surface area contributed by atoms with E-state index in [9.17, 15) is 4.79 Å². The molecule has 0 saturated carbocycles. The summed E-state index contributed by atoms with van der Waals surface area (Å²) in [5.74, 6) is -0.239. The second kappa shape index (κ2) is 5.72. The number of anilines is 1. The Morgan fingerprint density at radius 3 is 2.67 bits per heavy atom. The fraction of sp³-hybridized carbons (Fsp3) is 0. The largest absolute Gasteiger partial charge is 0.322 e. The van der Waals surface area contributed by atoms with Crippen molar-refractivity contribution in [2.45, 2.75) is 0 Å². The lowest BCUT2D eigenvalue weighted by Crippen LogP contribution is -2.11. The van der Waals surface area contributed by atoms with E-state index in [0.717, 1.165) is 10.9 Å². The van der Waals surface area contributed by atoms with Gasteiger partial charge in [0.2, 0.25) is 0 Å². The van der Waals surface area contributed by atoms with Crippen LogP contribution in [0.5, 0.6) is 0 Å². The first-order valence-electron chi connectivity index (χ1n) is 6.25. The summed E-state index contributed by atoms with van der Waals surface area (Å²) in [7, 11) is 0. The Bertz CT molecular complexity index is 833. The molecule has 1 N–H and O–H groups in total. The number of aromatic nitrogens is 1. The predicted octanol–water partition coefficient (Wildman–Crippen LogP) is 4.79. The highest BCUT2D eigenvalue weighted by Crippen LogP contribution is 2.23. The van der Waals surface area contributed by atoms with Gasteiger partial charge in [-0.3, -0.25) is 9.78 Å². The highest BCUT2D eigenvalue weighted by atomic mass is 35.5. The van der Waals surface area contributed by atoms with Gasteiger partial charge in [-0.25, -0.2) is 0 Å². The van der Waals surface area contributed by atoms with Crippen molar-refractivity contribution in [1.29, 1.82) is 0 Å². The zero-order valence-electron chi connectivity index (χ0n) is 10.8. The summed E-state index contributed by atoms with van der Waals surface area (Å²) in [6.45, 7) is 0. The van der Waals surface area contributed by atoms with E-state index >= 15 is 0 Å². The standard InChI is InChI=1S/C16H10Cl2N2O/c17-13-5-3-11(9-14(13)18)16(21)20-12-4-6-15-10(8-12)2-1-7-19-15/h1-9H,(H,20,21). The van der Waals surface area contributed by atoms with E-state index < -0.39 is 0 Å². The molecule has 0 spiro atoms. The van der Waals surface area contributed by atoms with E-state index in [0.29, 0.717) is 21.3 Å². The zero-order chi connectivity index (χ0) is 14.8. The van der Waals surface area contributed by atoms with Crippen LogP contribution in [0.25, 0.3) is 10.9 Å². The van der Waals surface area contributed by atoms with E-state index in [2.05, 4.69) is 10.3 Å². The van der Waals surface area contributed by atoms with E-state index in [4.69, 9.17) is 23.2 Å². The van der Waals surface area contributed by atoms with Gasteiger partial charge in [0.25, 0.3) is 5.91 Å². The molecule has 0 aliphatic carbocycles. The second-order valence-corrected chi connectivity index (χ2v) is 5.31. The fourth-order valence-corrected chi connectivity index (χ4v) is 2.29. The van der Waals surface area contributed by atoms with Crippen LogP contribution in [-0.4, -0.2) is 10.9 Å². The molecule has 104 valence electrons. The van der Waals surface area contributed by atoms with Gasteiger partial charge < -0.3 is 5.32 Å². The Morgan fingerprint density at radius 1 is 1.00 bits per heavy atom. The minimum Gasteiger partial charge on any atom is -0.322 e. The molecule has 3 nitrogen and oxygen atoms in total. The molecule has 0 radical (unpaired) electrons. The first kappa shape index (κ1) is 13.9. The molecule has 0 unspecified atom stereocenters. The Morgan fingerprint density at radius 2 is 1.86 bits per heavy atom. The van der Waals surface area contributed by atoms with Gasteiger partial charge in [0, 0.05) is 22.8 Å². The van der Waals surface area contributed by atoms with Crippen LogP contribution < -0.4 is 5.32 Å². The number of pyridine rings is 1. The minimum atomic E-state index is -0.239. The number of halogens is 2. The number of carbonyl (C=O) groups is 1. The summed E-state index contributed by atoms with van der Waals surface area (Å²) in [6, 6.07) is 14.1. The SMILES string of the molecule is O=C(Nc1ccc2ncccc2c1)c1ccc(Cl)c(Cl)c1. The summed E-state index contributed by atoms with van der Waals surface area (Å²) < 4.78 is 0. The van der Waals surface area contributed by atoms with E-state index in [1.807, 2.05) is 30.3 Å². The monoisotopic (exact) mass is 316 g/mol. The number of carbonyl (C=O) groups excluding carboxylic acids is 1. The van der Waals surface area contributed by atoms with Crippen molar-refractivity contribution in [3.8, 4) is 0 Å². The molecule has 1 aromatic heterocycles. The smallest absolute Gasteiger partial charge is 0.255 e. The molecule has 0 saturated heterocycles. The quantitative estimate of drug-likeness (QED) is 0.738. The lowest BCUT2D eigenvalue weighted by Gasteiger charge is -2.07. The average molecular weight is 317 g/mol. The number of hydrogen-bond donors (Lipinski definition) is 1. The Kier molecular flexibility index (Phi) is 3.78. The molecule has 0 aliphatic heterocycles. The van der Waals surface area contributed by atoms with Crippen molar-refractivity contribution in [2.24, 2.45) is 0 Å². The molecule has 5 heteroatoms. The zero-order valence-corrected chi connectivity index (χ0v) is 12.3. The summed E-state index contributed by atoms with van der Waals surface area (Å²) in [5, 5.41) is 4.57. The van der Waals surface area contributed by atoms with E-state index in [1.165, 1.54) is 0 Å². The Labute approximate surface area is 131 Å². The normalized spacial score (nSPS) is 10.6. The molecule has 21 heavy (non-hydrogen) atoms. The lowest BCUT2D eigenvalue weighted by molar-refractivity contribution is 0.102. The second-order valence-electron chi connectivity index (χ2n) is 4.49. The van der Waals surface area contributed by atoms with Crippen LogP contribution in [0.4, 0.5) is 5.69 Å². The first-order chi connectivity index (χ1) is 10.1. The third-order valence-corrected chi connectivity index (χ3v) is 3.78. The van der Waals surface area contributed by atoms with Gasteiger partial charge in [-0.15, -0.1) is 0 Å². The summed E-state index contributed by atoms with van der Waals surface area (Å²) in [5.41, 5.74) is 2.03. The molecule has 3 aromatic rings. The van der Waals surface area contributed by atoms with Gasteiger partial charge in [0.15, 0.2) is 0 Å². The van der Waals surface area contributed by atoms with Crippen LogP contribution in [0.2, 0.25) is 10.0 Å². The van der Waals surface area contributed by atoms with Crippen molar-refractivity contribution < 1.29 is 4.79 Å². The van der Waals surface area contributed by atoms with Crippen LogP contribution in [0.3, 0.4) is 0 Å². The number of hydrogen-bond acceptors (Lipinski definition) is 2. The Balaban J connectivity index is 1.87. The van der Waals surface area contributed by atoms with Gasteiger partial charge in [-0.1, -0.05) is 29.3 Å². The van der Waals surface area contributed by atoms with Crippen LogP contribution in [0.1, 0.15) is 10.4 Å². The molecule has 1 heterocycles. The number of benzene rings is 2. The lowest BCUT2D eigenvalue weighted by atomic mass is 10.1. The molecule has 0 atom stereocenters. The van der Waals surface area contributed by atoms with Crippen molar-refractivity contribution >= 4 is 45.7 Å². The van der Waals surface area contributed by atoms with Crippen LogP contribution in [0.15, 0.2) is 54.7 Å². The maximum Gasteiger partial charge on any atom is 0.255 e. The van der Waals surface area contributed by atoms with E-state index in [1.54, 1.807) is 24.4 Å². The maximum absolute atomic E-state index is 12.2. The van der Waals surface area contributed by atoms with Crippen molar-refractivity contribution in [2.75, 3.05) is 5.32 Å². The number of rotatable bonds is 2. The highest BCUT2D eigenvalue weighted by Gasteiger charge is 2.08. The Hall–Kier alpha value is -2.10. The van der Waals surface area contributed by atoms with Crippen molar-refractivity contribution in [1.82, 2.24) is 4.98 Å². The van der Waals surface area contributed by atoms with Gasteiger partial charge in [-0.2, -0.15) is 0 Å². The third kappa shape index (κ3) is 2.99. The van der Waals surface area contributed by atoms with Gasteiger partial charge in [-0.05, 0) is 42.5 Å². The topological polar surface area (TPSA) is 42.0 Å². The predicted molar refractivity (Wildman–Crippen MR) is 86.2 cm³/mol. The number of nitrogens with zero attached hydrogens (tertiary/aromatic N) is 1. The highest BCUT2D eigenvalue weighted by molar-refractivity contribution is 6.42. The summed E-state index contributed by atoms with van der Waals surface area (Å²) in [4.78, 5) is 16.4. The van der Waals surface area contributed by atoms with Gasteiger partial charge >= 0.3 is 0 Å². The minimum absolute atomic E-state index is 0.239. The van der Waals surface area contributed by atoms with Crippen molar-refractivity contribution in [3.63, 3.8) is 0 Å². The average Bonchev–Trinajstić information content (AvgIpc) is 2.50. The first-order valence-corrected chi connectivity index (χ1v) is 7.00.